The van der Waals surface area contributed by atoms with E-state index in [0.717, 1.165) is 17.7 Å². The van der Waals surface area contributed by atoms with Crippen LogP contribution < -0.4 is 5.32 Å². The molecule has 0 aromatic heterocycles. The lowest BCUT2D eigenvalue weighted by atomic mass is 10.3. The van der Waals surface area contributed by atoms with Crippen LogP contribution in [0, 0.1) is 0 Å². The lowest BCUT2D eigenvalue weighted by Crippen LogP contribution is -2.43. The van der Waals surface area contributed by atoms with Gasteiger partial charge in [-0.25, -0.2) is 0 Å². The second-order valence-corrected chi connectivity index (χ2v) is 3.96. The van der Waals surface area contributed by atoms with Crippen LogP contribution in [-0.4, -0.2) is 54.9 Å². The Bertz CT molecular complexity index is 234. The molecule has 0 radical (unpaired) electrons. The van der Waals surface area contributed by atoms with Crippen molar-refractivity contribution in [2.24, 2.45) is 0 Å². The minimum atomic E-state index is -4.65. The topological polar surface area (TPSA) is 52.6 Å². The zero-order chi connectivity index (χ0) is 13.5. The van der Waals surface area contributed by atoms with Gasteiger partial charge >= 0.3 is 6.18 Å². The largest absolute Gasteiger partial charge is 0.415 e. The summed E-state index contributed by atoms with van der Waals surface area (Å²) < 4.78 is 36.1. The van der Waals surface area contributed by atoms with Gasteiger partial charge < -0.3 is 10.4 Å². The second-order valence-electron chi connectivity index (χ2n) is 3.96. The molecule has 0 aliphatic heterocycles. The third-order valence-electron chi connectivity index (χ3n) is 2.13. The third-order valence-corrected chi connectivity index (χ3v) is 2.13. The molecule has 0 heterocycles. The molecule has 2 N–H and O–H groups in total. The lowest BCUT2D eigenvalue weighted by Gasteiger charge is -2.21. The molecule has 102 valence electrons. The number of aliphatic hydroxyl groups is 1. The van der Waals surface area contributed by atoms with Gasteiger partial charge in [0, 0.05) is 13.1 Å². The third kappa shape index (κ3) is 7.98. The highest BCUT2D eigenvalue weighted by molar-refractivity contribution is 5.77. The van der Waals surface area contributed by atoms with E-state index in [1.807, 2.05) is 6.92 Å². The first kappa shape index (κ1) is 16.2. The van der Waals surface area contributed by atoms with E-state index in [0.29, 0.717) is 6.54 Å². The van der Waals surface area contributed by atoms with Gasteiger partial charge in [-0.2, -0.15) is 13.2 Å². The number of rotatable bonds is 7. The van der Waals surface area contributed by atoms with E-state index in [1.165, 1.54) is 7.05 Å². The Labute approximate surface area is 98.8 Å². The Morgan fingerprint density at radius 3 is 2.53 bits per heavy atom. The average Bonchev–Trinajstić information content (AvgIpc) is 2.16. The number of hydrogen-bond acceptors (Lipinski definition) is 3. The average molecular weight is 256 g/mol. The maximum Gasteiger partial charge on any atom is 0.415 e. The van der Waals surface area contributed by atoms with Crippen LogP contribution in [0.2, 0.25) is 0 Å². The zero-order valence-electron chi connectivity index (χ0n) is 10.0. The molecule has 0 aromatic rings. The molecule has 0 saturated carbocycles. The van der Waals surface area contributed by atoms with Gasteiger partial charge in [0.05, 0.1) is 6.54 Å². The summed E-state index contributed by atoms with van der Waals surface area (Å²) in [5, 5.41) is 11.4. The van der Waals surface area contributed by atoms with Crippen molar-refractivity contribution in [1.29, 1.82) is 0 Å². The van der Waals surface area contributed by atoms with Crippen LogP contribution in [0.25, 0.3) is 0 Å². The minimum absolute atomic E-state index is 0.156. The maximum atomic E-state index is 12.0. The van der Waals surface area contributed by atoms with E-state index in [-0.39, 0.29) is 12.5 Å². The van der Waals surface area contributed by atoms with Gasteiger partial charge in [-0.05, 0) is 13.5 Å². The molecule has 17 heavy (non-hydrogen) atoms. The first-order valence-corrected chi connectivity index (χ1v) is 5.47. The smallest absolute Gasteiger partial charge is 0.382 e. The van der Waals surface area contributed by atoms with Gasteiger partial charge in [0.2, 0.25) is 5.91 Å². The van der Waals surface area contributed by atoms with Crippen LogP contribution in [0.15, 0.2) is 0 Å². The van der Waals surface area contributed by atoms with E-state index < -0.39 is 18.8 Å². The summed E-state index contributed by atoms with van der Waals surface area (Å²) in [5.41, 5.74) is 0. The summed E-state index contributed by atoms with van der Waals surface area (Å²) in [6.07, 6.45) is -5.30. The van der Waals surface area contributed by atoms with Gasteiger partial charge in [-0.1, -0.05) is 13.3 Å². The molecule has 0 bridgehead atoms. The number of likely N-dealkylation sites (N-methyl/N-ethyl adjacent to an activating group) is 1. The van der Waals surface area contributed by atoms with Crippen LogP contribution in [-0.2, 0) is 4.79 Å². The van der Waals surface area contributed by atoms with Crippen LogP contribution in [0.5, 0.6) is 0 Å². The number of nitrogens with one attached hydrogen (secondary N) is 1. The van der Waals surface area contributed by atoms with E-state index in [4.69, 9.17) is 5.11 Å². The number of amides is 1. The molecule has 0 saturated heterocycles. The first-order valence-electron chi connectivity index (χ1n) is 5.47. The molecule has 0 rings (SSSR count). The normalized spacial score (nSPS) is 13.8. The zero-order valence-corrected chi connectivity index (χ0v) is 10.0. The number of hydrogen-bond donors (Lipinski definition) is 2. The van der Waals surface area contributed by atoms with Crippen molar-refractivity contribution in [3.05, 3.63) is 0 Å². The van der Waals surface area contributed by atoms with Crippen LogP contribution in [0.3, 0.4) is 0 Å². The maximum absolute atomic E-state index is 12.0. The SMILES string of the molecule is CCCCNC(=O)CN(C)CC(O)C(F)(F)F. The first-order chi connectivity index (χ1) is 7.77. The van der Waals surface area contributed by atoms with E-state index >= 15 is 0 Å². The second kappa shape index (κ2) is 7.50. The van der Waals surface area contributed by atoms with Gasteiger partial charge in [0.1, 0.15) is 0 Å². The predicted octanol–water partition coefficient (Wildman–Crippen LogP) is 0.758. The Morgan fingerprint density at radius 1 is 1.47 bits per heavy atom. The van der Waals surface area contributed by atoms with Crippen molar-refractivity contribution in [3.8, 4) is 0 Å². The Morgan fingerprint density at radius 2 is 2.06 bits per heavy atom. The summed E-state index contributed by atoms with van der Waals surface area (Å²) in [5.74, 6) is -0.338. The van der Waals surface area contributed by atoms with Crippen molar-refractivity contribution in [2.75, 3.05) is 26.7 Å². The predicted molar refractivity (Wildman–Crippen MR) is 57.5 cm³/mol. The molecule has 1 amide bonds. The molecule has 0 aliphatic carbocycles. The molecule has 1 unspecified atom stereocenters. The summed E-state index contributed by atoms with van der Waals surface area (Å²) in [6.45, 7) is 1.73. The minimum Gasteiger partial charge on any atom is -0.382 e. The van der Waals surface area contributed by atoms with E-state index in [1.54, 1.807) is 0 Å². The summed E-state index contributed by atoms with van der Waals surface area (Å²) in [6, 6.07) is 0. The van der Waals surface area contributed by atoms with Gasteiger partial charge in [0.25, 0.3) is 0 Å². The van der Waals surface area contributed by atoms with Gasteiger partial charge in [-0.3, -0.25) is 9.69 Å². The molecule has 4 nitrogen and oxygen atoms in total. The fourth-order valence-corrected chi connectivity index (χ4v) is 1.17. The molecular formula is C10H19F3N2O2. The van der Waals surface area contributed by atoms with Crippen molar-refractivity contribution in [3.63, 3.8) is 0 Å². The Kier molecular flexibility index (Phi) is 7.13. The highest BCUT2D eigenvalue weighted by atomic mass is 19.4. The number of unbranched alkanes of at least 4 members (excludes halogenated alkanes) is 1. The quantitative estimate of drug-likeness (QED) is 0.661. The molecule has 0 aliphatic rings. The number of alkyl halides is 3. The highest BCUT2D eigenvalue weighted by Crippen LogP contribution is 2.20. The van der Waals surface area contributed by atoms with Crippen LogP contribution in [0.4, 0.5) is 13.2 Å². The number of halogens is 3. The van der Waals surface area contributed by atoms with Crippen molar-refractivity contribution < 1.29 is 23.1 Å². The standard InChI is InChI=1S/C10H19F3N2O2/c1-3-4-5-14-9(17)7-15(2)6-8(16)10(11,12)13/h8,16H,3-7H2,1-2H3,(H,14,17). The lowest BCUT2D eigenvalue weighted by molar-refractivity contribution is -0.207. The Hall–Kier alpha value is -0.820. The number of nitrogens with zero attached hydrogens (tertiary/aromatic N) is 1. The number of carbonyl (C=O) groups is 1. The van der Waals surface area contributed by atoms with E-state index in [2.05, 4.69) is 5.32 Å². The fourth-order valence-electron chi connectivity index (χ4n) is 1.17. The highest BCUT2D eigenvalue weighted by Gasteiger charge is 2.38. The fraction of sp³-hybridized carbons (Fsp3) is 0.900. The van der Waals surface area contributed by atoms with Crippen molar-refractivity contribution in [1.82, 2.24) is 10.2 Å². The molecule has 0 fully saturated rings. The van der Waals surface area contributed by atoms with Crippen LogP contribution in [0.1, 0.15) is 19.8 Å². The van der Waals surface area contributed by atoms with E-state index in [9.17, 15) is 18.0 Å². The summed E-state index contributed by atoms with van der Waals surface area (Å²) in [4.78, 5) is 12.4. The molecule has 1 atom stereocenters. The molecule has 0 aromatic carbocycles. The van der Waals surface area contributed by atoms with Crippen LogP contribution >= 0.6 is 0 Å². The monoisotopic (exact) mass is 256 g/mol. The molecule has 7 heteroatoms. The Balaban J connectivity index is 3.85. The molecular weight excluding hydrogens is 237 g/mol. The summed E-state index contributed by atoms with van der Waals surface area (Å²) in [7, 11) is 1.36. The van der Waals surface area contributed by atoms with Gasteiger partial charge in [-0.15, -0.1) is 0 Å². The molecule has 0 spiro atoms. The van der Waals surface area contributed by atoms with Crippen molar-refractivity contribution in [2.45, 2.75) is 32.0 Å². The summed E-state index contributed by atoms with van der Waals surface area (Å²) >= 11 is 0. The number of carbonyl (C=O) groups excluding carboxylic acids is 1. The number of aliphatic hydroxyl groups excluding tert-OH is 1. The van der Waals surface area contributed by atoms with Gasteiger partial charge in [0.15, 0.2) is 6.10 Å². The van der Waals surface area contributed by atoms with Crippen molar-refractivity contribution >= 4 is 5.91 Å².